The second-order valence-corrected chi connectivity index (χ2v) is 4.61. The predicted octanol–water partition coefficient (Wildman–Crippen LogP) is 3.66. The molecule has 0 aromatic heterocycles. The Bertz CT molecular complexity index is 346. The van der Waals surface area contributed by atoms with Crippen LogP contribution in [-0.4, -0.2) is 26.9 Å². The van der Waals surface area contributed by atoms with Crippen LogP contribution in [0.15, 0.2) is 12.1 Å². The van der Waals surface area contributed by atoms with Crippen molar-refractivity contribution in [2.45, 2.75) is 18.4 Å². The van der Waals surface area contributed by atoms with E-state index in [1.54, 1.807) is 20.3 Å². The van der Waals surface area contributed by atoms with E-state index < -0.39 is 0 Å². The van der Waals surface area contributed by atoms with Gasteiger partial charge in [-0.1, -0.05) is 27.5 Å². The number of rotatable bonds is 6. The quantitative estimate of drug-likeness (QED) is 0.748. The summed E-state index contributed by atoms with van der Waals surface area (Å²) in [5.41, 5.74) is 0.956. The lowest BCUT2D eigenvalue weighted by Gasteiger charge is -2.19. The molecule has 5 heteroatoms. The first kappa shape index (κ1) is 14.6. The first-order valence-corrected chi connectivity index (χ1v) is 6.70. The first-order valence-electron chi connectivity index (χ1n) is 5.20. The highest BCUT2D eigenvalue weighted by Gasteiger charge is 2.15. The fourth-order valence-corrected chi connectivity index (χ4v) is 2.12. The van der Waals surface area contributed by atoms with E-state index in [0.29, 0.717) is 28.5 Å². The molecular weight excluding hydrogens is 307 g/mol. The van der Waals surface area contributed by atoms with Crippen molar-refractivity contribution < 1.29 is 14.2 Å². The van der Waals surface area contributed by atoms with Crippen LogP contribution in [0.25, 0.3) is 0 Å². The zero-order chi connectivity index (χ0) is 12.8. The lowest BCUT2D eigenvalue weighted by molar-refractivity contribution is 0.0894. The van der Waals surface area contributed by atoms with Gasteiger partial charge in [0.1, 0.15) is 6.10 Å². The molecule has 0 fully saturated rings. The molecule has 0 amide bonds. The van der Waals surface area contributed by atoms with Crippen molar-refractivity contribution in [3.8, 4) is 11.5 Å². The second-order valence-electron chi connectivity index (χ2n) is 3.61. The fourth-order valence-electron chi connectivity index (χ4n) is 1.48. The molecule has 0 aliphatic carbocycles. The highest BCUT2D eigenvalue weighted by atomic mass is 79.9. The molecule has 0 radical (unpaired) electrons. The molecule has 0 heterocycles. The van der Waals surface area contributed by atoms with Crippen molar-refractivity contribution in [3.63, 3.8) is 0 Å². The van der Waals surface area contributed by atoms with Crippen LogP contribution >= 0.6 is 27.5 Å². The summed E-state index contributed by atoms with van der Waals surface area (Å²) >= 11 is 9.41. The Hall–Kier alpha value is -0.450. The average Bonchev–Trinajstić information content (AvgIpc) is 2.31. The third-order valence-corrected chi connectivity index (χ3v) is 3.00. The van der Waals surface area contributed by atoms with E-state index in [9.17, 15) is 0 Å². The normalized spacial score (nSPS) is 12.3. The SMILES string of the molecule is COCC(C)Oc1c(CBr)cc(Cl)cc1OC. The Morgan fingerprint density at radius 1 is 1.35 bits per heavy atom. The van der Waals surface area contributed by atoms with Gasteiger partial charge in [0.15, 0.2) is 11.5 Å². The largest absolute Gasteiger partial charge is 0.493 e. The van der Waals surface area contributed by atoms with Crippen molar-refractivity contribution in [3.05, 3.63) is 22.7 Å². The van der Waals surface area contributed by atoms with Crippen LogP contribution in [-0.2, 0) is 10.1 Å². The molecule has 3 nitrogen and oxygen atoms in total. The van der Waals surface area contributed by atoms with Crippen LogP contribution in [0.5, 0.6) is 11.5 Å². The molecule has 0 saturated carbocycles. The summed E-state index contributed by atoms with van der Waals surface area (Å²) in [5.74, 6) is 1.34. The average molecular weight is 324 g/mol. The maximum Gasteiger partial charge on any atom is 0.165 e. The number of benzene rings is 1. The highest BCUT2D eigenvalue weighted by molar-refractivity contribution is 9.08. The van der Waals surface area contributed by atoms with Crippen LogP contribution in [0.1, 0.15) is 12.5 Å². The molecule has 0 spiro atoms. The van der Waals surface area contributed by atoms with Crippen molar-refractivity contribution in [2.75, 3.05) is 20.8 Å². The van der Waals surface area contributed by atoms with E-state index in [0.717, 1.165) is 5.56 Å². The van der Waals surface area contributed by atoms with E-state index >= 15 is 0 Å². The number of hydrogen-bond acceptors (Lipinski definition) is 3. The third kappa shape index (κ3) is 4.05. The zero-order valence-corrected chi connectivity index (χ0v) is 12.5. The van der Waals surface area contributed by atoms with Crippen LogP contribution in [0.3, 0.4) is 0 Å². The second kappa shape index (κ2) is 7.09. The minimum Gasteiger partial charge on any atom is -0.493 e. The smallest absolute Gasteiger partial charge is 0.165 e. The van der Waals surface area contributed by atoms with E-state index in [-0.39, 0.29) is 6.10 Å². The maximum absolute atomic E-state index is 6.00. The minimum absolute atomic E-state index is 0.0483. The molecule has 0 N–H and O–H groups in total. The number of hydrogen-bond donors (Lipinski definition) is 0. The summed E-state index contributed by atoms with van der Waals surface area (Å²) in [7, 11) is 3.24. The van der Waals surface area contributed by atoms with E-state index in [4.69, 9.17) is 25.8 Å². The van der Waals surface area contributed by atoms with Gasteiger partial charge < -0.3 is 14.2 Å². The number of halogens is 2. The third-order valence-electron chi connectivity index (χ3n) is 2.18. The molecule has 17 heavy (non-hydrogen) atoms. The number of ether oxygens (including phenoxy) is 3. The summed E-state index contributed by atoms with van der Waals surface area (Å²) in [4.78, 5) is 0. The van der Waals surface area contributed by atoms with Crippen LogP contribution in [0.4, 0.5) is 0 Å². The van der Waals surface area contributed by atoms with Gasteiger partial charge in [-0.3, -0.25) is 0 Å². The Balaban J connectivity index is 3.02. The molecule has 1 atom stereocenters. The van der Waals surface area contributed by atoms with Crippen molar-refractivity contribution >= 4 is 27.5 Å². The van der Waals surface area contributed by atoms with Gasteiger partial charge >= 0.3 is 0 Å². The van der Waals surface area contributed by atoms with Gasteiger partial charge in [-0.05, 0) is 13.0 Å². The van der Waals surface area contributed by atoms with E-state index in [2.05, 4.69) is 15.9 Å². The molecule has 1 aromatic rings. The topological polar surface area (TPSA) is 27.7 Å². The Labute approximate surface area is 115 Å². The van der Waals surface area contributed by atoms with Gasteiger partial charge in [-0.25, -0.2) is 0 Å². The maximum atomic E-state index is 6.00. The predicted molar refractivity (Wildman–Crippen MR) is 72.6 cm³/mol. The Morgan fingerprint density at radius 3 is 2.59 bits per heavy atom. The van der Waals surface area contributed by atoms with Crippen molar-refractivity contribution in [1.82, 2.24) is 0 Å². The molecule has 0 aliphatic rings. The highest BCUT2D eigenvalue weighted by Crippen LogP contribution is 2.36. The zero-order valence-electron chi connectivity index (χ0n) is 10.1. The fraction of sp³-hybridized carbons (Fsp3) is 0.500. The van der Waals surface area contributed by atoms with Crippen molar-refractivity contribution in [1.29, 1.82) is 0 Å². The molecule has 1 unspecified atom stereocenters. The Kier molecular flexibility index (Phi) is 6.09. The van der Waals surface area contributed by atoms with Crippen LogP contribution in [0, 0.1) is 0 Å². The lowest BCUT2D eigenvalue weighted by Crippen LogP contribution is -2.19. The van der Waals surface area contributed by atoms with Gasteiger partial charge in [0.05, 0.1) is 13.7 Å². The van der Waals surface area contributed by atoms with Gasteiger partial charge in [0.2, 0.25) is 0 Å². The molecule has 0 aliphatic heterocycles. The Morgan fingerprint density at radius 2 is 2.06 bits per heavy atom. The molecule has 0 bridgehead atoms. The van der Waals surface area contributed by atoms with Gasteiger partial charge in [0.25, 0.3) is 0 Å². The minimum atomic E-state index is -0.0483. The molecule has 0 saturated heterocycles. The summed E-state index contributed by atoms with van der Waals surface area (Å²) in [5, 5.41) is 1.28. The summed E-state index contributed by atoms with van der Waals surface area (Å²) in [6.07, 6.45) is -0.0483. The number of alkyl halides is 1. The monoisotopic (exact) mass is 322 g/mol. The first-order chi connectivity index (χ1) is 8.12. The van der Waals surface area contributed by atoms with Gasteiger partial charge in [0, 0.05) is 29.1 Å². The standard InChI is InChI=1S/C12H16BrClO3/c1-8(7-15-2)17-12-9(6-13)4-10(14)5-11(12)16-3/h4-5,8H,6-7H2,1-3H3. The molecular formula is C12H16BrClO3. The molecule has 96 valence electrons. The summed E-state index contributed by atoms with van der Waals surface area (Å²) < 4.78 is 16.1. The van der Waals surface area contributed by atoms with Crippen LogP contribution < -0.4 is 9.47 Å². The van der Waals surface area contributed by atoms with Gasteiger partial charge in [-0.15, -0.1) is 0 Å². The summed E-state index contributed by atoms with van der Waals surface area (Å²) in [6.45, 7) is 2.46. The van der Waals surface area contributed by atoms with Gasteiger partial charge in [-0.2, -0.15) is 0 Å². The van der Waals surface area contributed by atoms with E-state index in [1.807, 2.05) is 13.0 Å². The molecule has 1 rings (SSSR count). The van der Waals surface area contributed by atoms with E-state index in [1.165, 1.54) is 0 Å². The number of methoxy groups -OCH3 is 2. The molecule has 1 aromatic carbocycles. The summed E-state index contributed by atoms with van der Waals surface area (Å²) in [6, 6.07) is 3.59. The van der Waals surface area contributed by atoms with Crippen molar-refractivity contribution in [2.24, 2.45) is 0 Å². The van der Waals surface area contributed by atoms with Crippen LogP contribution in [0.2, 0.25) is 5.02 Å². The lowest BCUT2D eigenvalue weighted by atomic mass is 10.2.